The number of rotatable bonds is 4. The molecule has 1 saturated heterocycles. The molecular weight excluding hydrogens is 408 g/mol. The van der Waals surface area contributed by atoms with Gasteiger partial charge in [-0.1, -0.05) is 23.9 Å². The molecule has 9 heteroatoms. The van der Waals surface area contributed by atoms with Crippen LogP contribution in [0.5, 0.6) is 5.75 Å². The van der Waals surface area contributed by atoms with E-state index in [0.29, 0.717) is 6.54 Å². The average Bonchev–Trinajstić information content (AvgIpc) is 3.36. The van der Waals surface area contributed by atoms with E-state index in [2.05, 4.69) is 9.88 Å². The van der Waals surface area contributed by atoms with Gasteiger partial charge in [0.25, 0.3) is 0 Å². The zero-order valence-electron chi connectivity index (χ0n) is 15.8. The molecule has 2 aliphatic rings. The maximum Gasteiger partial charge on any atom is 0.164 e. The summed E-state index contributed by atoms with van der Waals surface area (Å²) in [4.78, 5) is 14.9. The summed E-state index contributed by atoms with van der Waals surface area (Å²) >= 11 is 1.55. The monoisotopic (exact) mass is 428 g/mol. The Morgan fingerprint density at radius 3 is 2.69 bits per heavy atom. The Balaban J connectivity index is 1.49. The molecule has 2 aromatic carbocycles. The lowest BCUT2D eigenvalue weighted by atomic mass is 10.2. The lowest BCUT2D eigenvalue weighted by Crippen LogP contribution is -2.28. The van der Waals surface area contributed by atoms with Gasteiger partial charge < -0.3 is 14.6 Å². The standard InChI is InChI=1S/C20H20N4O3S2/c1-27-14-8-6-13(7-9-14)24(10-19-21-15-4-2-3-5-16(15)22-19)20-23-17-11-29(25,26)12-18(17)28-20/h2-9,17-18H,10-12H2,1H3,(H,21,22)/t17-,18-/m0/s1. The topological polar surface area (TPSA) is 87.7 Å². The van der Waals surface area contributed by atoms with E-state index in [1.54, 1.807) is 18.9 Å². The third-order valence-corrected chi connectivity index (χ3v) is 8.41. The van der Waals surface area contributed by atoms with E-state index in [1.807, 2.05) is 48.5 Å². The molecule has 5 rings (SSSR count). The van der Waals surface area contributed by atoms with Gasteiger partial charge in [-0.15, -0.1) is 0 Å². The predicted octanol–water partition coefficient (Wildman–Crippen LogP) is 2.85. The number of imidazole rings is 1. The minimum absolute atomic E-state index is 0.00794. The molecule has 29 heavy (non-hydrogen) atoms. The average molecular weight is 429 g/mol. The van der Waals surface area contributed by atoms with Crippen LogP contribution in [-0.4, -0.2) is 53.5 Å². The Bertz CT molecular complexity index is 1150. The zero-order chi connectivity index (χ0) is 20.0. The van der Waals surface area contributed by atoms with Crippen molar-refractivity contribution in [3.8, 4) is 5.75 Å². The molecule has 0 saturated carbocycles. The quantitative estimate of drug-likeness (QED) is 0.688. The molecule has 0 aliphatic carbocycles. The van der Waals surface area contributed by atoms with Crippen LogP contribution in [0.3, 0.4) is 0 Å². The van der Waals surface area contributed by atoms with E-state index in [4.69, 9.17) is 14.7 Å². The van der Waals surface area contributed by atoms with E-state index in [1.165, 1.54) is 0 Å². The van der Waals surface area contributed by atoms with Gasteiger partial charge in [0.05, 0.1) is 42.2 Å². The molecule has 150 valence electrons. The molecule has 0 unspecified atom stereocenters. The highest BCUT2D eigenvalue weighted by Crippen LogP contribution is 2.37. The van der Waals surface area contributed by atoms with Gasteiger partial charge in [0, 0.05) is 10.9 Å². The van der Waals surface area contributed by atoms with Crippen molar-refractivity contribution < 1.29 is 13.2 Å². The highest BCUT2D eigenvalue weighted by molar-refractivity contribution is 8.15. The Morgan fingerprint density at radius 2 is 1.97 bits per heavy atom. The number of amidine groups is 1. The molecule has 3 heterocycles. The number of nitrogens with one attached hydrogen (secondary N) is 1. The number of fused-ring (bicyclic) bond motifs is 2. The number of hydrogen-bond donors (Lipinski definition) is 1. The molecule has 0 amide bonds. The van der Waals surface area contributed by atoms with Gasteiger partial charge in [-0.3, -0.25) is 4.99 Å². The highest BCUT2D eigenvalue weighted by atomic mass is 32.2. The fourth-order valence-electron chi connectivity index (χ4n) is 3.73. The van der Waals surface area contributed by atoms with Crippen LogP contribution in [0.4, 0.5) is 5.69 Å². The number of benzene rings is 2. The normalized spacial score (nSPS) is 22.4. The molecule has 7 nitrogen and oxygen atoms in total. The largest absolute Gasteiger partial charge is 0.497 e. The van der Waals surface area contributed by atoms with E-state index in [0.717, 1.165) is 33.5 Å². The van der Waals surface area contributed by atoms with Crippen LogP contribution >= 0.6 is 11.8 Å². The van der Waals surface area contributed by atoms with Gasteiger partial charge in [0.2, 0.25) is 0 Å². The van der Waals surface area contributed by atoms with Gasteiger partial charge >= 0.3 is 0 Å². The first kappa shape index (κ1) is 18.5. The van der Waals surface area contributed by atoms with Crippen molar-refractivity contribution in [3.63, 3.8) is 0 Å². The molecule has 0 radical (unpaired) electrons. The number of methoxy groups -OCH3 is 1. The van der Waals surface area contributed by atoms with Crippen molar-refractivity contribution >= 4 is 43.5 Å². The van der Waals surface area contributed by atoms with Crippen molar-refractivity contribution in [2.24, 2.45) is 4.99 Å². The number of thioether (sulfide) groups is 1. The van der Waals surface area contributed by atoms with Gasteiger partial charge in [0.15, 0.2) is 15.0 Å². The number of para-hydroxylation sites is 2. The third-order valence-electron chi connectivity index (χ3n) is 5.17. The Hall–Kier alpha value is -2.52. The van der Waals surface area contributed by atoms with E-state index in [-0.39, 0.29) is 22.8 Å². The van der Waals surface area contributed by atoms with Crippen molar-refractivity contribution in [2.75, 3.05) is 23.5 Å². The van der Waals surface area contributed by atoms with Crippen LogP contribution in [0.2, 0.25) is 0 Å². The van der Waals surface area contributed by atoms with Crippen molar-refractivity contribution in [2.45, 2.75) is 17.8 Å². The fourth-order valence-corrected chi connectivity index (χ4v) is 7.51. The molecule has 0 spiro atoms. The number of sulfone groups is 1. The molecule has 2 atom stereocenters. The molecule has 2 aliphatic heterocycles. The lowest BCUT2D eigenvalue weighted by molar-refractivity contribution is 0.415. The van der Waals surface area contributed by atoms with E-state index < -0.39 is 9.84 Å². The highest BCUT2D eigenvalue weighted by Gasteiger charge is 2.44. The van der Waals surface area contributed by atoms with Crippen molar-refractivity contribution in [1.29, 1.82) is 0 Å². The molecule has 0 bridgehead atoms. The first-order valence-electron chi connectivity index (χ1n) is 9.31. The van der Waals surface area contributed by atoms with Crippen molar-refractivity contribution in [1.82, 2.24) is 9.97 Å². The number of aliphatic imine (C=N–C) groups is 1. The van der Waals surface area contributed by atoms with E-state index >= 15 is 0 Å². The Labute approximate surface area is 173 Å². The van der Waals surface area contributed by atoms with Crippen LogP contribution in [0, 0.1) is 0 Å². The van der Waals surface area contributed by atoms with Gasteiger partial charge in [0.1, 0.15) is 11.6 Å². The predicted molar refractivity (Wildman–Crippen MR) is 117 cm³/mol. The zero-order valence-corrected chi connectivity index (χ0v) is 17.4. The number of H-pyrrole nitrogens is 1. The van der Waals surface area contributed by atoms with E-state index in [9.17, 15) is 8.42 Å². The number of aromatic nitrogens is 2. The third kappa shape index (κ3) is 3.60. The minimum Gasteiger partial charge on any atom is -0.497 e. The van der Waals surface area contributed by atoms with Crippen molar-refractivity contribution in [3.05, 3.63) is 54.4 Å². The second kappa shape index (κ2) is 7.07. The number of nitrogens with zero attached hydrogens (tertiary/aromatic N) is 3. The van der Waals surface area contributed by atoms with Gasteiger partial charge in [-0.2, -0.15) is 0 Å². The summed E-state index contributed by atoms with van der Waals surface area (Å²) in [6.07, 6.45) is 0. The summed E-state index contributed by atoms with van der Waals surface area (Å²) in [6, 6.07) is 15.5. The maximum atomic E-state index is 11.9. The number of ether oxygens (including phenoxy) is 1. The summed E-state index contributed by atoms with van der Waals surface area (Å²) in [5.41, 5.74) is 2.86. The minimum atomic E-state index is -2.99. The van der Waals surface area contributed by atoms with Crippen LogP contribution in [0.1, 0.15) is 5.82 Å². The van der Waals surface area contributed by atoms with Crippen LogP contribution in [-0.2, 0) is 16.4 Å². The maximum absolute atomic E-state index is 11.9. The molecular formula is C20H20N4O3S2. The number of hydrogen-bond acceptors (Lipinski definition) is 7. The molecule has 1 N–H and O–H groups in total. The first-order chi connectivity index (χ1) is 14.0. The van der Waals surface area contributed by atoms with Gasteiger partial charge in [-0.05, 0) is 36.4 Å². The second-order valence-electron chi connectivity index (χ2n) is 7.20. The Morgan fingerprint density at radius 1 is 1.17 bits per heavy atom. The fraction of sp³-hybridized carbons (Fsp3) is 0.300. The van der Waals surface area contributed by atoms with Crippen LogP contribution in [0.15, 0.2) is 53.5 Å². The number of anilines is 1. The molecule has 1 aromatic heterocycles. The summed E-state index contributed by atoms with van der Waals surface area (Å²) in [7, 11) is -1.35. The SMILES string of the molecule is COc1ccc(N(Cc2nc3ccccc3[nH]2)C2=N[C@H]3CS(=O)(=O)C[C@@H]3S2)cc1. The van der Waals surface area contributed by atoms with Crippen LogP contribution in [0.25, 0.3) is 11.0 Å². The first-order valence-corrected chi connectivity index (χ1v) is 12.0. The summed E-state index contributed by atoms with van der Waals surface area (Å²) in [6.45, 7) is 0.513. The van der Waals surface area contributed by atoms with Crippen LogP contribution < -0.4 is 9.64 Å². The molecule has 1 fully saturated rings. The lowest BCUT2D eigenvalue weighted by Gasteiger charge is -2.24. The van der Waals surface area contributed by atoms with Gasteiger partial charge in [-0.25, -0.2) is 13.4 Å². The second-order valence-corrected chi connectivity index (χ2v) is 10.6. The smallest absolute Gasteiger partial charge is 0.164 e. The summed E-state index contributed by atoms with van der Waals surface area (Å²) in [5, 5.41) is 0.826. The Kier molecular flexibility index (Phi) is 4.51. The summed E-state index contributed by atoms with van der Waals surface area (Å²) in [5.74, 6) is 1.93. The summed E-state index contributed by atoms with van der Waals surface area (Å²) < 4.78 is 29.1. The number of aromatic amines is 1. The molecule has 3 aromatic rings.